The molecule has 7 nitrogen and oxygen atoms in total. The highest BCUT2D eigenvalue weighted by Gasteiger charge is 2.26. The van der Waals surface area contributed by atoms with Crippen molar-refractivity contribution in [2.75, 3.05) is 26.5 Å². The van der Waals surface area contributed by atoms with Crippen LogP contribution >= 0.6 is 11.8 Å². The predicted octanol–water partition coefficient (Wildman–Crippen LogP) is 1.65. The first kappa shape index (κ1) is 19.3. The molecule has 0 aliphatic carbocycles. The van der Waals surface area contributed by atoms with E-state index in [4.69, 9.17) is 9.47 Å². The number of aromatic nitrogens is 2. The van der Waals surface area contributed by atoms with Gasteiger partial charge in [0.2, 0.25) is 5.91 Å². The zero-order chi connectivity index (χ0) is 19.4. The average Bonchev–Trinajstić information content (AvgIpc) is 2.70. The molecule has 1 unspecified atom stereocenters. The van der Waals surface area contributed by atoms with Gasteiger partial charge in [0.05, 0.1) is 20.1 Å². The van der Waals surface area contributed by atoms with E-state index in [1.54, 1.807) is 31.9 Å². The molecule has 0 saturated carbocycles. The largest absolute Gasteiger partial charge is 0.493 e. The van der Waals surface area contributed by atoms with Crippen molar-refractivity contribution >= 4 is 17.7 Å². The number of nitrogens with zero attached hydrogens (tertiary/aromatic N) is 2. The maximum atomic E-state index is 12.5. The third kappa shape index (κ3) is 4.27. The number of hydrogen-bond donors (Lipinski definition) is 1. The molecule has 144 valence electrons. The number of thioether (sulfide) groups is 1. The topological polar surface area (TPSA) is 82.5 Å². The molecule has 27 heavy (non-hydrogen) atoms. The van der Waals surface area contributed by atoms with Gasteiger partial charge in [-0.3, -0.25) is 14.2 Å². The Labute approximate surface area is 162 Å². The van der Waals surface area contributed by atoms with Crippen LogP contribution in [0.3, 0.4) is 0 Å². The molecule has 2 heterocycles. The number of amides is 1. The SMILES string of the molecule is COc1ccc(CCNC(=O)C2CSc3ncc(C)c(=O)n3C2)cc1OC. The van der Waals surface area contributed by atoms with E-state index in [1.807, 2.05) is 18.2 Å². The summed E-state index contributed by atoms with van der Waals surface area (Å²) >= 11 is 1.45. The summed E-state index contributed by atoms with van der Waals surface area (Å²) in [6.07, 6.45) is 2.27. The lowest BCUT2D eigenvalue weighted by Crippen LogP contribution is -2.40. The normalized spacial score (nSPS) is 15.7. The van der Waals surface area contributed by atoms with Crippen molar-refractivity contribution in [1.29, 1.82) is 0 Å². The van der Waals surface area contributed by atoms with Gasteiger partial charge < -0.3 is 14.8 Å². The Morgan fingerprint density at radius 2 is 2.11 bits per heavy atom. The van der Waals surface area contributed by atoms with Gasteiger partial charge in [-0.1, -0.05) is 17.8 Å². The summed E-state index contributed by atoms with van der Waals surface area (Å²) in [6.45, 7) is 2.63. The highest BCUT2D eigenvalue weighted by molar-refractivity contribution is 7.99. The Morgan fingerprint density at radius 3 is 2.85 bits per heavy atom. The molecule has 3 rings (SSSR count). The Morgan fingerprint density at radius 1 is 1.33 bits per heavy atom. The molecule has 0 fully saturated rings. The van der Waals surface area contributed by atoms with Crippen molar-refractivity contribution in [2.24, 2.45) is 5.92 Å². The van der Waals surface area contributed by atoms with Gasteiger partial charge in [0, 0.05) is 30.6 Å². The molecule has 1 aliphatic heterocycles. The average molecular weight is 389 g/mol. The lowest BCUT2D eigenvalue weighted by atomic mass is 10.1. The van der Waals surface area contributed by atoms with E-state index in [0.717, 1.165) is 5.56 Å². The summed E-state index contributed by atoms with van der Waals surface area (Å²) in [5, 5.41) is 3.65. The van der Waals surface area contributed by atoms with Crippen molar-refractivity contribution in [2.45, 2.75) is 25.0 Å². The van der Waals surface area contributed by atoms with Crippen molar-refractivity contribution in [3.05, 3.63) is 45.9 Å². The standard InChI is InChI=1S/C19H23N3O4S/c1-12-9-21-19-22(18(12)24)10-14(11-27-19)17(23)20-7-6-13-4-5-15(25-2)16(8-13)26-3/h4-5,8-9,14H,6-7,10-11H2,1-3H3,(H,20,23). The molecule has 0 saturated heterocycles. The molecule has 0 spiro atoms. The molecule has 1 aromatic carbocycles. The summed E-state index contributed by atoms with van der Waals surface area (Å²) in [7, 11) is 3.20. The van der Waals surface area contributed by atoms with Gasteiger partial charge in [0.15, 0.2) is 16.7 Å². The second-order valence-corrected chi connectivity index (χ2v) is 7.36. The molecule has 1 aliphatic rings. The van der Waals surface area contributed by atoms with Gasteiger partial charge in [-0.15, -0.1) is 0 Å². The first-order valence-electron chi connectivity index (χ1n) is 8.71. The minimum absolute atomic E-state index is 0.0398. The van der Waals surface area contributed by atoms with E-state index in [0.29, 0.717) is 47.5 Å². The molecule has 2 aromatic rings. The molecule has 0 bridgehead atoms. The van der Waals surface area contributed by atoms with E-state index in [9.17, 15) is 9.59 Å². The Bertz CT molecular complexity index is 897. The second kappa shape index (κ2) is 8.47. The lowest BCUT2D eigenvalue weighted by molar-refractivity contribution is -0.124. The quantitative estimate of drug-likeness (QED) is 0.757. The zero-order valence-corrected chi connectivity index (χ0v) is 16.5. The summed E-state index contributed by atoms with van der Waals surface area (Å²) in [6, 6.07) is 5.71. The Hall–Kier alpha value is -2.48. The van der Waals surface area contributed by atoms with Crippen LogP contribution in [-0.4, -0.2) is 42.0 Å². The Balaban J connectivity index is 1.57. The van der Waals surface area contributed by atoms with E-state index in [2.05, 4.69) is 10.3 Å². The number of fused-ring (bicyclic) bond motifs is 1. The van der Waals surface area contributed by atoms with Crippen LogP contribution in [0.25, 0.3) is 0 Å². The first-order valence-corrected chi connectivity index (χ1v) is 9.70. The van der Waals surface area contributed by atoms with Crippen LogP contribution in [-0.2, 0) is 17.8 Å². The molecule has 0 radical (unpaired) electrons. The highest BCUT2D eigenvalue weighted by atomic mass is 32.2. The lowest BCUT2D eigenvalue weighted by Gasteiger charge is -2.24. The zero-order valence-electron chi connectivity index (χ0n) is 15.7. The molecular weight excluding hydrogens is 366 g/mol. The van der Waals surface area contributed by atoms with Gasteiger partial charge in [0.25, 0.3) is 5.56 Å². The minimum Gasteiger partial charge on any atom is -0.493 e. The number of ether oxygens (including phenoxy) is 2. The maximum absolute atomic E-state index is 12.5. The number of aryl methyl sites for hydroxylation is 1. The number of nitrogens with one attached hydrogen (secondary N) is 1. The van der Waals surface area contributed by atoms with Crippen LogP contribution in [0, 0.1) is 12.8 Å². The van der Waals surface area contributed by atoms with Crippen LogP contribution < -0.4 is 20.3 Å². The number of carbonyl (C=O) groups excluding carboxylic acids is 1. The third-order valence-corrected chi connectivity index (χ3v) is 5.68. The Kier molecular flexibility index (Phi) is 6.05. The van der Waals surface area contributed by atoms with Gasteiger partial charge >= 0.3 is 0 Å². The third-order valence-electron chi connectivity index (χ3n) is 4.53. The van der Waals surface area contributed by atoms with Crippen molar-refractivity contribution in [3.8, 4) is 11.5 Å². The molecule has 1 N–H and O–H groups in total. The first-order chi connectivity index (χ1) is 13.0. The smallest absolute Gasteiger partial charge is 0.257 e. The van der Waals surface area contributed by atoms with Crippen molar-refractivity contribution in [1.82, 2.24) is 14.9 Å². The van der Waals surface area contributed by atoms with Gasteiger partial charge in [0.1, 0.15) is 0 Å². The van der Waals surface area contributed by atoms with Crippen LogP contribution in [0.5, 0.6) is 11.5 Å². The molecule has 8 heteroatoms. The fourth-order valence-corrected chi connectivity index (χ4v) is 4.02. The number of benzene rings is 1. The summed E-state index contributed by atoms with van der Waals surface area (Å²) in [5.41, 5.74) is 1.57. The predicted molar refractivity (Wildman–Crippen MR) is 104 cm³/mol. The molecule has 1 amide bonds. The summed E-state index contributed by atoms with van der Waals surface area (Å²) < 4.78 is 12.1. The van der Waals surface area contributed by atoms with Crippen molar-refractivity contribution in [3.63, 3.8) is 0 Å². The van der Waals surface area contributed by atoms with Gasteiger partial charge in [-0.2, -0.15) is 0 Å². The van der Waals surface area contributed by atoms with E-state index >= 15 is 0 Å². The number of carbonyl (C=O) groups is 1. The van der Waals surface area contributed by atoms with Crippen LogP contribution in [0.15, 0.2) is 34.3 Å². The van der Waals surface area contributed by atoms with E-state index in [-0.39, 0.29) is 17.4 Å². The monoisotopic (exact) mass is 389 g/mol. The molecular formula is C19H23N3O4S. The number of hydrogen-bond acceptors (Lipinski definition) is 6. The van der Waals surface area contributed by atoms with Crippen LogP contribution in [0.1, 0.15) is 11.1 Å². The maximum Gasteiger partial charge on any atom is 0.257 e. The number of rotatable bonds is 6. The number of methoxy groups -OCH3 is 2. The fourth-order valence-electron chi connectivity index (χ4n) is 2.97. The highest BCUT2D eigenvalue weighted by Crippen LogP contribution is 2.28. The van der Waals surface area contributed by atoms with E-state index in [1.165, 1.54) is 11.8 Å². The summed E-state index contributed by atoms with van der Waals surface area (Å²) in [5.74, 6) is 1.69. The van der Waals surface area contributed by atoms with Crippen LogP contribution in [0.2, 0.25) is 0 Å². The van der Waals surface area contributed by atoms with Crippen LogP contribution in [0.4, 0.5) is 0 Å². The van der Waals surface area contributed by atoms with Gasteiger partial charge in [-0.25, -0.2) is 4.98 Å². The van der Waals surface area contributed by atoms with E-state index < -0.39 is 0 Å². The minimum atomic E-state index is -0.241. The molecule has 1 aromatic heterocycles. The molecule has 1 atom stereocenters. The second-order valence-electron chi connectivity index (χ2n) is 6.38. The van der Waals surface area contributed by atoms with Crippen molar-refractivity contribution < 1.29 is 14.3 Å². The summed E-state index contributed by atoms with van der Waals surface area (Å²) in [4.78, 5) is 29.0. The van der Waals surface area contributed by atoms with Gasteiger partial charge in [-0.05, 0) is 31.0 Å². The fraction of sp³-hybridized carbons (Fsp3) is 0.421.